The summed E-state index contributed by atoms with van der Waals surface area (Å²) in [6, 6.07) is 3.47. The van der Waals surface area contributed by atoms with Crippen LogP contribution in [-0.4, -0.2) is 52.4 Å². The Morgan fingerprint density at radius 3 is 1.98 bits per heavy atom. The van der Waals surface area contributed by atoms with Crippen LogP contribution in [0.25, 0.3) is 0 Å². The molecule has 9 heteroatoms. The van der Waals surface area contributed by atoms with E-state index in [1.807, 2.05) is 52.8 Å². The Balaban J connectivity index is 3.59. The molecule has 4 N–H and O–H groups in total. The molecule has 1 aromatic carbocycles. The van der Waals surface area contributed by atoms with Crippen LogP contribution < -0.4 is 16.4 Å². The number of ether oxygens (including phenoxy) is 1. The molecular formula is C31H52N4O5. The van der Waals surface area contributed by atoms with Gasteiger partial charge in [0.15, 0.2) is 0 Å². The summed E-state index contributed by atoms with van der Waals surface area (Å²) in [6.07, 6.45) is 4.65. The predicted molar refractivity (Wildman–Crippen MR) is 159 cm³/mol. The number of carbonyl (C=O) groups is 4. The zero-order valence-corrected chi connectivity index (χ0v) is 26.1. The van der Waals surface area contributed by atoms with Gasteiger partial charge in [0.1, 0.15) is 17.7 Å². The fourth-order valence-corrected chi connectivity index (χ4v) is 4.61. The lowest BCUT2D eigenvalue weighted by Gasteiger charge is -2.37. The Kier molecular flexibility index (Phi) is 13.6. The van der Waals surface area contributed by atoms with Gasteiger partial charge in [-0.05, 0) is 78.5 Å². The van der Waals surface area contributed by atoms with Crippen molar-refractivity contribution in [3.05, 3.63) is 34.9 Å². The first-order chi connectivity index (χ1) is 18.5. The van der Waals surface area contributed by atoms with E-state index in [2.05, 4.69) is 17.6 Å². The summed E-state index contributed by atoms with van der Waals surface area (Å²) in [6.45, 7) is 17.0. The van der Waals surface area contributed by atoms with Gasteiger partial charge in [-0.1, -0.05) is 57.2 Å². The molecule has 0 aromatic heterocycles. The fraction of sp³-hybridized carbons (Fsp3) is 0.677. The lowest BCUT2D eigenvalue weighted by Crippen LogP contribution is -2.55. The molecule has 0 spiro atoms. The second kappa shape index (κ2) is 15.6. The summed E-state index contributed by atoms with van der Waals surface area (Å²) in [4.78, 5) is 54.3. The SMILES string of the molecule is CCCCCCCCN(C(=O)C(CC(N)=O)NC(=O)OC(C)(C)C)C(C(=O)NC(C)(C)C)c1c(C)cccc1C. The molecule has 0 radical (unpaired) electrons. The number of amides is 4. The Morgan fingerprint density at radius 2 is 1.48 bits per heavy atom. The third-order valence-corrected chi connectivity index (χ3v) is 6.30. The number of alkyl carbamates (subject to hydrolysis) is 1. The van der Waals surface area contributed by atoms with Crippen LogP contribution in [0.5, 0.6) is 0 Å². The Hall–Kier alpha value is -3.10. The van der Waals surface area contributed by atoms with Crippen molar-refractivity contribution in [1.82, 2.24) is 15.5 Å². The minimum atomic E-state index is -1.29. The molecule has 4 amide bonds. The highest BCUT2D eigenvalue weighted by molar-refractivity contribution is 5.95. The summed E-state index contributed by atoms with van der Waals surface area (Å²) < 4.78 is 5.36. The molecule has 1 aromatic rings. The number of nitrogens with one attached hydrogen (secondary N) is 2. The Morgan fingerprint density at radius 1 is 0.925 bits per heavy atom. The number of nitrogens with zero attached hydrogens (tertiary/aromatic N) is 1. The summed E-state index contributed by atoms with van der Waals surface area (Å²) >= 11 is 0. The molecule has 1 rings (SSSR count). The monoisotopic (exact) mass is 560 g/mol. The van der Waals surface area contributed by atoms with Crippen molar-refractivity contribution in [2.45, 2.75) is 130 Å². The standard InChI is InChI=1S/C31H52N4O5/c1-10-11-12-13-14-15-19-35(28(38)23(20-24(32)36)33-29(39)40-31(7,8)9)26(27(37)34-30(4,5)6)25-21(2)17-16-18-22(25)3/h16-18,23,26H,10-15,19-20H2,1-9H3,(H2,32,36)(H,33,39)(H,34,37). The number of primary amides is 1. The van der Waals surface area contributed by atoms with Crippen LogP contribution in [-0.2, 0) is 19.1 Å². The van der Waals surface area contributed by atoms with Crippen LogP contribution in [0.4, 0.5) is 4.79 Å². The van der Waals surface area contributed by atoms with Crippen molar-refractivity contribution in [3.8, 4) is 0 Å². The Labute approximate surface area is 241 Å². The van der Waals surface area contributed by atoms with Crippen LogP contribution >= 0.6 is 0 Å². The fourth-order valence-electron chi connectivity index (χ4n) is 4.61. The maximum absolute atomic E-state index is 14.2. The van der Waals surface area contributed by atoms with E-state index in [0.29, 0.717) is 6.42 Å². The first kappa shape index (κ1) is 34.9. The number of rotatable bonds is 14. The van der Waals surface area contributed by atoms with Gasteiger partial charge in [0.05, 0.1) is 6.42 Å². The third-order valence-electron chi connectivity index (χ3n) is 6.30. The molecule has 2 unspecified atom stereocenters. The minimum Gasteiger partial charge on any atom is -0.444 e. The minimum absolute atomic E-state index is 0.270. The summed E-state index contributed by atoms with van der Waals surface area (Å²) in [5.41, 5.74) is 6.58. The van der Waals surface area contributed by atoms with E-state index < -0.39 is 47.6 Å². The lowest BCUT2D eigenvalue weighted by molar-refractivity contribution is -0.144. The van der Waals surface area contributed by atoms with E-state index in [-0.39, 0.29) is 12.5 Å². The van der Waals surface area contributed by atoms with Crippen molar-refractivity contribution in [1.29, 1.82) is 0 Å². The van der Waals surface area contributed by atoms with Gasteiger partial charge in [-0.15, -0.1) is 0 Å². The van der Waals surface area contributed by atoms with E-state index in [1.165, 1.54) is 4.90 Å². The maximum atomic E-state index is 14.2. The number of unbranched alkanes of at least 4 members (excludes halogenated alkanes) is 5. The van der Waals surface area contributed by atoms with E-state index in [0.717, 1.165) is 48.8 Å². The molecule has 0 aliphatic heterocycles. The molecule has 0 heterocycles. The first-order valence-corrected chi connectivity index (χ1v) is 14.4. The molecule has 40 heavy (non-hydrogen) atoms. The van der Waals surface area contributed by atoms with Gasteiger partial charge >= 0.3 is 6.09 Å². The van der Waals surface area contributed by atoms with Gasteiger partial charge < -0.3 is 26.0 Å². The van der Waals surface area contributed by atoms with Crippen molar-refractivity contribution >= 4 is 23.8 Å². The van der Waals surface area contributed by atoms with E-state index in [9.17, 15) is 19.2 Å². The van der Waals surface area contributed by atoms with Crippen LogP contribution in [0.3, 0.4) is 0 Å². The van der Waals surface area contributed by atoms with Gasteiger partial charge in [-0.3, -0.25) is 14.4 Å². The number of hydrogen-bond donors (Lipinski definition) is 3. The summed E-state index contributed by atoms with van der Waals surface area (Å²) in [7, 11) is 0. The second-order valence-electron chi connectivity index (χ2n) is 12.6. The van der Waals surface area contributed by atoms with Gasteiger partial charge in [0.2, 0.25) is 17.7 Å². The van der Waals surface area contributed by atoms with E-state index >= 15 is 0 Å². The smallest absolute Gasteiger partial charge is 0.408 e. The van der Waals surface area contributed by atoms with Crippen molar-refractivity contribution < 1.29 is 23.9 Å². The molecular weight excluding hydrogens is 508 g/mol. The molecule has 0 aliphatic rings. The van der Waals surface area contributed by atoms with Crippen molar-refractivity contribution in [3.63, 3.8) is 0 Å². The van der Waals surface area contributed by atoms with Crippen LogP contribution in [0.15, 0.2) is 18.2 Å². The highest BCUT2D eigenvalue weighted by Crippen LogP contribution is 2.30. The number of carbonyl (C=O) groups excluding carboxylic acids is 4. The molecule has 0 saturated carbocycles. The number of nitrogens with two attached hydrogens (primary N) is 1. The lowest BCUT2D eigenvalue weighted by atomic mass is 9.92. The van der Waals surface area contributed by atoms with Crippen LogP contribution in [0.1, 0.15) is 116 Å². The topological polar surface area (TPSA) is 131 Å². The van der Waals surface area contributed by atoms with Crippen molar-refractivity contribution in [2.24, 2.45) is 5.73 Å². The van der Waals surface area contributed by atoms with E-state index in [1.54, 1.807) is 20.8 Å². The molecule has 2 atom stereocenters. The van der Waals surface area contributed by atoms with Crippen molar-refractivity contribution in [2.75, 3.05) is 6.54 Å². The third kappa shape index (κ3) is 12.4. The highest BCUT2D eigenvalue weighted by Gasteiger charge is 2.38. The largest absolute Gasteiger partial charge is 0.444 e. The van der Waals surface area contributed by atoms with Gasteiger partial charge in [0, 0.05) is 12.1 Å². The van der Waals surface area contributed by atoms with Crippen LogP contribution in [0.2, 0.25) is 0 Å². The number of hydrogen-bond acceptors (Lipinski definition) is 5. The average Bonchev–Trinajstić information content (AvgIpc) is 2.78. The molecule has 226 valence electrons. The van der Waals surface area contributed by atoms with Crippen LogP contribution in [0, 0.1) is 13.8 Å². The highest BCUT2D eigenvalue weighted by atomic mass is 16.6. The molecule has 0 bridgehead atoms. The quantitative estimate of drug-likeness (QED) is 0.269. The Bertz CT molecular complexity index is 990. The normalized spacial score (nSPS) is 13.2. The molecule has 0 fully saturated rings. The number of aryl methyl sites for hydroxylation is 2. The zero-order valence-electron chi connectivity index (χ0n) is 26.1. The van der Waals surface area contributed by atoms with Gasteiger partial charge in [-0.2, -0.15) is 0 Å². The average molecular weight is 561 g/mol. The summed E-state index contributed by atoms with van der Waals surface area (Å²) in [5.74, 6) is -1.65. The summed E-state index contributed by atoms with van der Waals surface area (Å²) in [5, 5.41) is 5.58. The maximum Gasteiger partial charge on any atom is 0.408 e. The molecule has 0 saturated heterocycles. The van der Waals surface area contributed by atoms with E-state index in [4.69, 9.17) is 10.5 Å². The zero-order chi connectivity index (χ0) is 30.7. The van der Waals surface area contributed by atoms with Gasteiger partial charge in [0.25, 0.3) is 0 Å². The van der Waals surface area contributed by atoms with Gasteiger partial charge in [-0.25, -0.2) is 4.79 Å². The second-order valence-corrected chi connectivity index (χ2v) is 12.6. The molecule has 9 nitrogen and oxygen atoms in total. The number of benzene rings is 1. The first-order valence-electron chi connectivity index (χ1n) is 14.4. The molecule has 0 aliphatic carbocycles. The predicted octanol–water partition coefficient (Wildman–Crippen LogP) is 5.22.